The minimum absolute atomic E-state index is 0.580. The molecular weight excluding hydrogens is 236 g/mol. The fourth-order valence-electron chi connectivity index (χ4n) is 1.61. The van der Waals surface area contributed by atoms with Gasteiger partial charge in [0.15, 0.2) is 5.16 Å². The molecule has 0 amide bonds. The van der Waals surface area contributed by atoms with E-state index in [9.17, 15) is 5.11 Å². The van der Waals surface area contributed by atoms with Crippen molar-refractivity contribution in [2.75, 3.05) is 7.11 Å². The summed E-state index contributed by atoms with van der Waals surface area (Å²) < 4.78 is 5.26. The number of nitrogens with one attached hydrogen (secondary N) is 1. The molecule has 0 saturated heterocycles. The van der Waals surface area contributed by atoms with Crippen molar-refractivity contribution in [1.82, 2.24) is 9.97 Å². The van der Waals surface area contributed by atoms with Gasteiger partial charge in [-0.15, -0.1) is 0 Å². The van der Waals surface area contributed by atoms with E-state index in [1.807, 2.05) is 18.2 Å². The molecule has 0 radical (unpaired) electrons. The molecule has 0 unspecified atom stereocenters. The van der Waals surface area contributed by atoms with Crippen molar-refractivity contribution in [1.29, 1.82) is 0 Å². The summed E-state index contributed by atoms with van der Waals surface area (Å²) in [5.74, 6) is 0.691. The van der Waals surface area contributed by atoms with Gasteiger partial charge in [-0.2, -0.15) is 0 Å². The van der Waals surface area contributed by atoms with Crippen LogP contribution >= 0.6 is 11.8 Å². The highest BCUT2D eigenvalue weighted by molar-refractivity contribution is 7.99. The molecule has 17 heavy (non-hydrogen) atoms. The number of imidazole rings is 1. The summed E-state index contributed by atoms with van der Waals surface area (Å²) in [6.07, 6.45) is 2.89. The predicted molar refractivity (Wildman–Crippen MR) is 66.3 cm³/mol. The lowest BCUT2D eigenvalue weighted by molar-refractivity contribution is 0.191. The minimum Gasteiger partial charge on any atom is -0.496 e. The molecule has 0 aliphatic rings. The third kappa shape index (κ3) is 2.62. The molecule has 0 bridgehead atoms. The molecule has 2 aromatic rings. The molecule has 0 aliphatic heterocycles. The first-order chi connectivity index (χ1) is 8.22. The fourth-order valence-corrected chi connectivity index (χ4v) is 2.59. The number of aromatic amines is 1. The minimum atomic E-state index is -0.580. The monoisotopic (exact) mass is 250 g/mol. The van der Waals surface area contributed by atoms with Crippen molar-refractivity contribution in [3.8, 4) is 5.75 Å². The zero-order valence-electron chi connectivity index (χ0n) is 9.68. The maximum absolute atomic E-state index is 9.82. The predicted octanol–water partition coefficient (Wildman–Crippen LogP) is 2.62. The Kier molecular flexibility index (Phi) is 3.71. The van der Waals surface area contributed by atoms with Crippen LogP contribution in [0.2, 0.25) is 0 Å². The van der Waals surface area contributed by atoms with E-state index in [2.05, 4.69) is 9.97 Å². The number of aliphatic hydroxyl groups excluding tert-OH is 1. The maximum atomic E-state index is 9.82. The van der Waals surface area contributed by atoms with Gasteiger partial charge in [0.2, 0.25) is 0 Å². The molecule has 2 N–H and O–H groups in total. The van der Waals surface area contributed by atoms with Crippen LogP contribution < -0.4 is 4.74 Å². The molecular formula is C12H14N2O2S. The van der Waals surface area contributed by atoms with Crippen LogP contribution in [0.3, 0.4) is 0 Å². The molecule has 0 aliphatic carbocycles. The molecule has 4 nitrogen and oxygen atoms in total. The standard InChI is InChI=1S/C12H14N2O2S/c1-8(15)11-9(16-2)4-3-5-10(11)17-12-13-6-7-14-12/h3-8,15H,1-2H3,(H,13,14)/t8-/m1/s1. The number of aromatic nitrogens is 2. The molecule has 0 fully saturated rings. The smallest absolute Gasteiger partial charge is 0.170 e. The van der Waals surface area contributed by atoms with Gasteiger partial charge in [-0.05, 0) is 19.1 Å². The summed E-state index contributed by atoms with van der Waals surface area (Å²) >= 11 is 1.47. The van der Waals surface area contributed by atoms with Gasteiger partial charge in [-0.25, -0.2) is 4.98 Å². The van der Waals surface area contributed by atoms with Crippen molar-refractivity contribution in [2.24, 2.45) is 0 Å². The van der Waals surface area contributed by atoms with Crippen LogP contribution in [-0.2, 0) is 0 Å². The summed E-state index contributed by atoms with van der Waals surface area (Å²) in [6.45, 7) is 1.73. The number of methoxy groups -OCH3 is 1. The highest BCUT2D eigenvalue weighted by Crippen LogP contribution is 2.36. The second-order valence-electron chi connectivity index (χ2n) is 3.54. The van der Waals surface area contributed by atoms with Gasteiger partial charge in [0.25, 0.3) is 0 Å². The van der Waals surface area contributed by atoms with E-state index in [0.717, 1.165) is 15.6 Å². The van der Waals surface area contributed by atoms with Crippen LogP contribution in [0.25, 0.3) is 0 Å². The van der Waals surface area contributed by atoms with E-state index >= 15 is 0 Å². The van der Waals surface area contributed by atoms with Crippen LogP contribution in [0.4, 0.5) is 0 Å². The van der Waals surface area contributed by atoms with E-state index in [4.69, 9.17) is 4.74 Å². The number of hydrogen-bond donors (Lipinski definition) is 2. The number of H-pyrrole nitrogens is 1. The summed E-state index contributed by atoms with van der Waals surface area (Å²) in [4.78, 5) is 8.11. The molecule has 90 valence electrons. The second-order valence-corrected chi connectivity index (χ2v) is 4.58. The van der Waals surface area contributed by atoms with Crippen LogP contribution in [0.5, 0.6) is 5.75 Å². The molecule has 5 heteroatoms. The molecule has 1 aromatic heterocycles. The van der Waals surface area contributed by atoms with Crippen molar-refractivity contribution >= 4 is 11.8 Å². The third-order valence-electron chi connectivity index (χ3n) is 2.34. The van der Waals surface area contributed by atoms with E-state index in [-0.39, 0.29) is 0 Å². The second kappa shape index (κ2) is 5.25. The number of nitrogens with zero attached hydrogens (tertiary/aromatic N) is 1. The lowest BCUT2D eigenvalue weighted by Gasteiger charge is -2.14. The van der Waals surface area contributed by atoms with E-state index < -0.39 is 6.10 Å². The summed E-state index contributed by atoms with van der Waals surface area (Å²) in [5.41, 5.74) is 0.788. The van der Waals surface area contributed by atoms with Crippen LogP contribution in [0, 0.1) is 0 Å². The van der Waals surface area contributed by atoms with Crippen molar-refractivity contribution in [3.05, 3.63) is 36.2 Å². The largest absolute Gasteiger partial charge is 0.496 e. The Labute approximate surface area is 104 Å². The summed E-state index contributed by atoms with van der Waals surface area (Å²) in [6, 6.07) is 5.68. The Morgan fingerprint density at radius 3 is 2.88 bits per heavy atom. The maximum Gasteiger partial charge on any atom is 0.170 e. The first-order valence-corrected chi connectivity index (χ1v) is 6.06. The lowest BCUT2D eigenvalue weighted by atomic mass is 10.1. The molecule has 1 aromatic carbocycles. The Morgan fingerprint density at radius 1 is 1.47 bits per heavy atom. The quantitative estimate of drug-likeness (QED) is 0.875. The highest BCUT2D eigenvalue weighted by Gasteiger charge is 2.15. The van der Waals surface area contributed by atoms with E-state index in [1.165, 1.54) is 11.8 Å². The summed E-state index contributed by atoms with van der Waals surface area (Å²) in [7, 11) is 1.60. The van der Waals surface area contributed by atoms with E-state index in [1.54, 1.807) is 26.4 Å². The van der Waals surface area contributed by atoms with Gasteiger partial charge in [-0.1, -0.05) is 17.8 Å². The third-order valence-corrected chi connectivity index (χ3v) is 3.34. The van der Waals surface area contributed by atoms with Crippen LogP contribution in [-0.4, -0.2) is 22.2 Å². The number of hydrogen-bond acceptors (Lipinski definition) is 4. The normalized spacial score (nSPS) is 12.4. The van der Waals surface area contributed by atoms with E-state index in [0.29, 0.717) is 5.75 Å². The van der Waals surface area contributed by atoms with Crippen LogP contribution in [0.1, 0.15) is 18.6 Å². The van der Waals surface area contributed by atoms with Crippen molar-refractivity contribution in [3.63, 3.8) is 0 Å². The van der Waals surface area contributed by atoms with Crippen molar-refractivity contribution < 1.29 is 9.84 Å². The van der Waals surface area contributed by atoms with Crippen LogP contribution in [0.15, 0.2) is 40.6 Å². The Balaban J connectivity index is 2.39. The Bertz CT molecular complexity index is 483. The number of aliphatic hydroxyl groups is 1. The number of rotatable bonds is 4. The number of ether oxygens (including phenoxy) is 1. The molecule has 1 heterocycles. The molecule has 0 spiro atoms. The van der Waals surface area contributed by atoms with Gasteiger partial charge < -0.3 is 14.8 Å². The first-order valence-electron chi connectivity index (χ1n) is 5.24. The Hall–Kier alpha value is -1.46. The van der Waals surface area contributed by atoms with Gasteiger partial charge >= 0.3 is 0 Å². The lowest BCUT2D eigenvalue weighted by Crippen LogP contribution is -1.98. The zero-order chi connectivity index (χ0) is 12.3. The highest BCUT2D eigenvalue weighted by atomic mass is 32.2. The average Bonchev–Trinajstić information content (AvgIpc) is 2.81. The molecule has 0 saturated carbocycles. The summed E-state index contributed by atoms with van der Waals surface area (Å²) in [5, 5.41) is 10.6. The van der Waals surface area contributed by atoms with Crippen molar-refractivity contribution in [2.45, 2.75) is 23.1 Å². The van der Waals surface area contributed by atoms with Gasteiger partial charge in [-0.3, -0.25) is 0 Å². The van der Waals surface area contributed by atoms with Gasteiger partial charge in [0.05, 0.1) is 13.2 Å². The van der Waals surface area contributed by atoms with Gasteiger partial charge in [0, 0.05) is 22.9 Å². The Morgan fingerprint density at radius 2 is 2.29 bits per heavy atom. The first kappa shape index (κ1) is 12.0. The SMILES string of the molecule is COc1cccc(Sc2ncc[nH]2)c1[C@@H](C)O. The average molecular weight is 250 g/mol. The fraction of sp³-hybridized carbons (Fsp3) is 0.250. The topological polar surface area (TPSA) is 58.1 Å². The zero-order valence-corrected chi connectivity index (χ0v) is 10.5. The number of benzene rings is 1. The molecule has 1 atom stereocenters. The molecule has 2 rings (SSSR count). The van der Waals surface area contributed by atoms with Gasteiger partial charge in [0.1, 0.15) is 5.75 Å².